The highest BCUT2D eigenvalue weighted by atomic mass is 32.2. The first-order valence-corrected chi connectivity index (χ1v) is 12.2. The normalized spacial score (nSPS) is 19.0. The van der Waals surface area contributed by atoms with Crippen LogP contribution in [-0.2, 0) is 4.79 Å². The van der Waals surface area contributed by atoms with Crippen molar-refractivity contribution in [3.63, 3.8) is 0 Å². The van der Waals surface area contributed by atoms with Crippen molar-refractivity contribution in [2.45, 2.75) is 50.3 Å². The van der Waals surface area contributed by atoms with Crippen molar-refractivity contribution in [2.75, 3.05) is 45.0 Å². The Morgan fingerprint density at radius 2 is 1.83 bits per heavy atom. The molecule has 2 fully saturated rings. The molecule has 1 saturated carbocycles. The zero-order valence-electron chi connectivity index (χ0n) is 17.7. The number of nitrogens with zero attached hydrogens (tertiary/aromatic N) is 2. The minimum atomic E-state index is 0.0659. The number of rotatable bonds is 7. The summed E-state index contributed by atoms with van der Waals surface area (Å²) in [6.45, 7) is 7.55. The Bertz CT molecular complexity index is 676. The summed E-state index contributed by atoms with van der Waals surface area (Å²) in [6, 6.07) is 7.71. The molecule has 1 aliphatic heterocycles. The Morgan fingerprint density at radius 3 is 2.62 bits per heavy atom. The van der Waals surface area contributed by atoms with Crippen molar-refractivity contribution < 1.29 is 9.59 Å². The predicted octanol–water partition coefficient (Wildman–Crippen LogP) is 3.64. The van der Waals surface area contributed by atoms with Gasteiger partial charge in [-0.15, -0.1) is 11.8 Å². The van der Waals surface area contributed by atoms with E-state index in [0.717, 1.165) is 56.1 Å². The van der Waals surface area contributed by atoms with E-state index in [9.17, 15) is 9.59 Å². The second kappa shape index (κ2) is 11.6. The number of carbonyl (C=O) groups is 2. The molecular weight excluding hydrogens is 382 g/mol. The quantitative estimate of drug-likeness (QED) is 0.688. The van der Waals surface area contributed by atoms with Crippen LogP contribution in [0, 0.1) is 5.92 Å². The number of thioether (sulfide) groups is 1. The van der Waals surface area contributed by atoms with E-state index in [1.165, 1.54) is 43.9 Å². The molecule has 6 heteroatoms. The molecule has 1 aromatic carbocycles. The molecule has 0 aromatic heterocycles. The summed E-state index contributed by atoms with van der Waals surface area (Å²) in [5, 5.41) is 3.09. The summed E-state index contributed by atoms with van der Waals surface area (Å²) in [4.78, 5) is 30.7. The van der Waals surface area contributed by atoms with Crippen molar-refractivity contribution in [2.24, 2.45) is 5.92 Å². The zero-order chi connectivity index (χ0) is 20.5. The molecule has 0 spiro atoms. The highest BCUT2D eigenvalue weighted by molar-refractivity contribution is 8.00. The molecular formula is C23H35N3O2S. The highest BCUT2D eigenvalue weighted by Gasteiger charge is 2.22. The Kier molecular flexibility index (Phi) is 8.87. The van der Waals surface area contributed by atoms with Crippen molar-refractivity contribution in [1.82, 2.24) is 15.1 Å². The van der Waals surface area contributed by atoms with Crippen molar-refractivity contribution in [3.8, 4) is 0 Å². The summed E-state index contributed by atoms with van der Waals surface area (Å²) in [5.74, 6) is 1.16. The lowest BCUT2D eigenvalue weighted by atomic mass is 9.89. The van der Waals surface area contributed by atoms with E-state index in [1.807, 2.05) is 29.2 Å². The third kappa shape index (κ3) is 6.75. The number of hydrogen-bond donors (Lipinski definition) is 1. The van der Waals surface area contributed by atoms with E-state index < -0.39 is 0 Å². The van der Waals surface area contributed by atoms with Crippen LogP contribution < -0.4 is 5.32 Å². The smallest absolute Gasteiger partial charge is 0.255 e. The van der Waals surface area contributed by atoms with Crippen LogP contribution in [0.3, 0.4) is 0 Å². The number of hydrogen-bond acceptors (Lipinski definition) is 4. The van der Waals surface area contributed by atoms with Crippen molar-refractivity contribution >= 4 is 23.6 Å². The van der Waals surface area contributed by atoms with Gasteiger partial charge in [-0.1, -0.05) is 38.3 Å². The Morgan fingerprint density at radius 1 is 1.03 bits per heavy atom. The average molecular weight is 418 g/mol. The van der Waals surface area contributed by atoms with Gasteiger partial charge in [0.1, 0.15) is 0 Å². The van der Waals surface area contributed by atoms with Crippen LogP contribution in [0.1, 0.15) is 55.8 Å². The second-order valence-corrected chi connectivity index (χ2v) is 9.19. The largest absolute Gasteiger partial charge is 0.355 e. The lowest BCUT2D eigenvalue weighted by Crippen LogP contribution is -2.35. The molecule has 0 unspecified atom stereocenters. The van der Waals surface area contributed by atoms with Crippen LogP contribution in [0.4, 0.5) is 0 Å². The van der Waals surface area contributed by atoms with Crippen molar-refractivity contribution in [1.29, 1.82) is 0 Å². The van der Waals surface area contributed by atoms with E-state index in [-0.39, 0.29) is 11.8 Å². The minimum Gasteiger partial charge on any atom is -0.355 e. The topological polar surface area (TPSA) is 52.7 Å². The molecule has 0 bridgehead atoms. The SMILES string of the molecule is CCN1CCCN(C(=O)c2ccccc2SCC(=O)NCC2CCCCC2)CC1. The summed E-state index contributed by atoms with van der Waals surface area (Å²) >= 11 is 1.47. The molecule has 1 heterocycles. The summed E-state index contributed by atoms with van der Waals surface area (Å²) in [7, 11) is 0. The van der Waals surface area contributed by atoms with Gasteiger partial charge in [0.2, 0.25) is 5.91 Å². The van der Waals surface area contributed by atoms with Crippen LogP contribution in [0.2, 0.25) is 0 Å². The zero-order valence-corrected chi connectivity index (χ0v) is 18.5. The second-order valence-electron chi connectivity index (χ2n) is 8.17. The van der Waals surface area contributed by atoms with Gasteiger partial charge in [0, 0.05) is 31.1 Å². The number of amides is 2. The molecule has 1 saturated heterocycles. The first kappa shape index (κ1) is 22.2. The molecule has 0 atom stereocenters. The summed E-state index contributed by atoms with van der Waals surface area (Å²) < 4.78 is 0. The molecule has 1 aliphatic carbocycles. The summed E-state index contributed by atoms with van der Waals surface area (Å²) in [5.41, 5.74) is 0.725. The third-order valence-corrected chi connectivity index (χ3v) is 7.19. The molecule has 2 aliphatic rings. The van der Waals surface area contributed by atoms with Crippen LogP contribution in [0.5, 0.6) is 0 Å². The molecule has 3 rings (SSSR count). The maximum atomic E-state index is 13.1. The van der Waals surface area contributed by atoms with Gasteiger partial charge in [-0.3, -0.25) is 9.59 Å². The molecule has 2 amide bonds. The fourth-order valence-corrected chi connectivity index (χ4v) is 5.15. The van der Waals surface area contributed by atoms with E-state index in [1.54, 1.807) is 0 Å². The standard InChI is InChI=1S/C23H35N3O2S/c1-2-25-13-8-14-26(16-15-25)23(28)20-11-6-7-12-21(20)29-18-22(27)24-17-19-9-4-3-5-10-19/h6-7,11-12,19H,2-5,8-10,13-18H2,1H3,(H,24,27). The van der Waals surface area contributed by atoms with Crippen LogP contribution in [-0.4, -0.2) is 66.6 Å². The van der Waals surface area contributed by atoms with Gasteiger partial charge in [0.25, 0.3) is 5.91 Å². The van der Waals surface area contributed by atoms with Gasteiger partial charge in [-0.05, 0) is 50.4 Å². The molecule has 5 nitrogen and oxygen atoms in total. The van der Waals surface area contributed by atoms with Gasteiger partial charge in [-0.2, -0.15) is 0 Å². The minimum absolute atomic E-state index is 0.0659. The lowest BCUT2D eigenvalue weighted by Gasteiger charge is -2.22. The fraction of sp³-hybridized carbons (Fsp3) is 0.652. The molecule has 0 radical (unpaired) electrons. The monoisotopic (exact) mass is 417 g/mol. The van der Waals surface area contributed by atoms with Gasteiger partial charge in [0.15, 0.2) is 0 Å². The van der Waals surface area contributed by atoms with Crippen molar-refractivity contribution in [3.05, 3.63) is 29.8 Å². The van der Waals surface area contributed by atoms with E-state index in [0.29, 0.717) is 11.7 Å². The third-order valence-electron chi connectivity index (χ3n) is 6.11. The first-order valence-electron chi connectivity index (χ1n) is 11.2. The predicted molar refractivity (Wildman–Crippen MR) is 119 cm³/mol. The van der Waals surface area contributed by atoms with E-state index >= 15 is 0 Å². The average Bonchev–Trinajstić information content (AvgIpc) is 3.02. The Balaban J connectivity index is 1.52. The van der Waals surface area contributed by atoms with Gasteiger partial charge < -0.3 is 15.1 Å². The molecule has 160 valence electrons. The number of carbonyl (C=O) groups excluding carboxylic acids is 2. The molecule has 1 aromatic rings. The lowest BCUT2D eigenvalue weighted by molar-refractivity contribution is -0.118. The fourth-order valence-electron chi connectivity index (χ4n) is 4.27. The summed E-state index contributed by atoms with van der Waals surface area (Å²) in [6.07, 6.45) is 7.39. The first-order chi connectivity index (χ1) is 14.2. The maximum Gasteiger partial charge on any atom is 0.255 e. The van der Waals surface area contributed by atoms with Gasteiger partial charge >= 0.3 is 0 Å². The van der Waals surface area contributed by atoms with Gasteiger partial charge in [-0.25, -0.2) is 0 Å². The van der Waals surface area contributed by atoms with Crippen LogP contribution in [0.25, 0.3) is 0 Å². The highest BCUT2D eigenvalue weighted by Crippen LogP contribution is 2.25. The van der Waals surface area contributed by atoms with E-state index in [2.05, 4.69) is 17.1 Å². The van der Waals surface area contributed by atoms with Gasteiger partial charge in [0.05, 0.1) is 11.3 Å². The van der Waals surface area contributed by atoms with E-state index in [4.69, 9.17) is 0 Å². The number of likely N-dealkylation sites (N-methyl/N-ethyl adjacent to an activating group) is 1. The van der Waals surface area contributed by atoms with Crippen LogP contribution >= 0.6 is 11.8 Å². The molecule has 29 heavy (non-hydrogen) atoms. The maximum absolute atomic E-state index is 13.1. The Labute approximate surface area is 179 Å². The number of nitrogens with one attached hydrogen (secondary N) is 1. The van der Waals surface area contributed by atoms with Crippen LogP contribution in [0.15, 0.2) is 29.2 Å². The number of benzene rings is 1. The molecule has 1 N–H and O–H groups in total. The Hall–Kier alpha value is -1.53.